The maximum atomic E-state index is 11.7. The fraction of sp³-hybridized carbons (Fsp3) is 0.350. The minimum Gasteiger partial charge on any atom is -0.355 e. The van der Waals surface area contributed by atoms with Crippen molar-refractivity contribution in [1.82, 2.24) is 5.32 Å². The van der Waals surface area contributed by atoms with Gasteiger partial charge in [-0.25, -0.2) is 0 Å². The predicted molar refractivity (Wildman–Crippen MR) is 101 cm³/mol. The molecule has 3 heteroatoms. The summed E-state index contributed by atoms with van der Waals surface area (Å²) in [5.74, 6) is 0.0507. The Labute approximate surface area is 141 Å². The quantitative estimate of drug-likeness (QED) is 0.842. The first-order valence-corrected chi connectivity index (χ1v) is 10.9. The summed E-state index contributed by atoms with van der Waals surface area (Å²) in [6.07, 6.45) is 0.935. The number of hydrogen-bond acceptors (Lipinski definition) is 1. The summed E-state index contributed by atoms with van der Waals surface area (Å²) in [6.45, 7) is 10.4. The number of amides is 1. The normalized spacial score (nSPS) is 12.7. The first-order chi connectivity index (χ1) is 10.9. The van der Waals surface area contributed by atoms with Crippen molar-refractivity contribution >= 4 is 24.4 Å². The van der Waals surface area contributed by atoms with Gasteiger partial charge in [-0.2, -0.15) is 0 Å². The molecule has 0 aromatic heterocycles. The second kappa shape index (κ2) is 7.13. The van der Waals surface area contributed by atoms with Gasteiger partial charge in [0.05, 0.1) is 0 Å². The first-order valence-electron chi connectivity index (χ1n) is 8.29. The molecule has 2 nitrogen and oxygen atoms in total. The van der Waals surface area contributed by atoms with Crippen molar-refractivity contribution < 1.29 is 4.79 Å². The minimum atomic E-state index is -2.07. The Morgan fingerprint density at radius 3 is 1.65 bits per heavy atom. The van der Waals surface area contributed by atoms with Crippen molar-refractivity contribution in [2.75, 3.05) is 0 Å². The van der Waals surface area contributed by atoms with Crippen molar-refractivity contribution in [3.8, 4) is 0 Å². The topological polar surface area (TPSA) is 29.1 Å². The van der Waals surface area contributed by atoms with E-state index >= 15 is 0 Å². The zero-order valence-electron chi connectivity index (χ0n) is 14.8. The highest BCUT2D eigenvalue weighted by Gasteiger charge is 2.39. The van der Waals surface area contributed by atoms with E-state index in [0.717, 1.165) is 6.42 Å². The van der Waals surface area contributed by atoms with Crippen LogP contribution in [0.4, 0.5) is 0 Å². The molecule has 122 valence electrons. The Kier molecular flexibility index (Phi) is 5.42. The number of rotatable bonds is 5. The third-order valence-corrected chi connectivity index (χ3v) is 9.80. The van der Waals surface area contributed by atoms with E-state index in [1.54, 1.807) is 6.92 Å². The molecule has 2 aromatic rings. The summed E-state index contributed by atoms with van der Waals surface area (Å²) in [6, 6.07) is 17.7. The molecule has 0 aliphatic rings. The minimum absolute atomic E-state index is 0.0507. The second-order valence-corrected chi connectivity index (χ2v) is 10.9. The van der Waals surface area contributed by atoms with E-state index in [2.05, 4.69) is 81.2 Å². The molecule has 0 heterocycles. The van der Waals surface area contributed by atoms with Crippen LogP contribution in [0.3, 0.4) is 0 Å². The summed E-state index contributed by atoms with van der Waals surface area (Å²) in [4.78, 5) is 11.7. The average Bonchev–Trinajstić information content (AvgIpc) is 2.53. The van der Waals surface area contributed by atoms with Crippen LogP contribution in [0.25, 0.3) is 0 Å². The molecule has 2 rings (SSSR count). The number of carbonyl (C=O) groups is 1. The smallest absolute Gasteiger partial charge is 0.216 e. The molecule has 0 saturated carbocycles. The van der Waals surface area contributed by atoms with E-state index in [1.165, 1.54) is 21.5 Å². The Morgan fingerprint density at radius 1 is 0.957 bits per heavy atom. The molecule has 1 atom stereocenters. The van der Waals surface area contributed by atoms with Gasteiger partial charge in [-0.15, -0.1) is 0 Å². The first kappa shape index (κ1) is 17.5. The van der Waals surface area contributed by atoms with Gasteiger partial charge in [0, 0.05) is 12.6 Å². The summed E-state index contributed by atoms with van der Waals surface area (Å²) in [5, 5.41) is 5.96. The highest BCUT2D eigenvalue weighted by atomic mass is 28.3. The van der Waals surface area contributed by atoms with Crippen molar-refractivity contribution in [2.24, 2.45) is 0 Å². The maximum Gasteiger partial charge on any atom is 0.216 e. The molecular formula is C20H27NOSi. The molecule has 1 amide bonds. The molecule has 0 aliphatic heterocycles. The Hall–Kier alpha value is -1.87. The van der Waals surface area contributed by atoms with E-state index < -0.39 is 8.07 Å². The van der Waals surface area contributed by atoms with E-state index in [1.807, 2.05) is 0 Å². The van der Waals surface area contributed by atoms with Crippen LogP contribution in [-0.2, 0) is 4.79 Å². The highest BCUT2D eigenvalue weighted by molar-refractivity contribution is 7.02. The molecule has 0 saturated heterocycles. The van der Waals surface area contributed by atoms with Gasteiger partial charge < -0.3 is 5.32 Å². The molecule has 23 heavy (non-hydrogen) atoms. The standard InChI is InChI=1S/C20H27NOSi/c1-6-20(21-17(4)22)23(5,18-11-7-15(2)8-12-18)19-13-9-16(3)10-14-19/h7-14,20H,6H2,1-5H3,(H,21,22). The van der Waals surface area contributed by atoms with Gasteiger partial charge in [-0.05, 0) is 20.3 Å². The van der Waals surface area contributed by atoms with Crippen molar-refractivity contribution in [2.45, 2.75) is 46.3 Å². The van der Waals surface area contributed by atoms with Crippen LogP contribution in [0.5, 0.6) is 0 Å². The van der Waals surface area contributed by atoms with Crippen molar-refractivity contribution in [3.05, 3.63) is 59.7 Å². The number of hydrogen-bond donors (Lipinski definition) is 1. The average molecular weight is 326 g/mol. The summed E-state index contributed by atoms with van der Waals surface area (Å²) < 4.78 is 0. The molecular weight excluding hydrogens is 298 g/mol. The molecule has 2 aromatic carbocycles. The van der Waals surface area contributed by atoms with Crippen LogP contribution in [-0.4, -0.2) is 19.6 Å². The highest BCUT2D eigenvalue weighted by Crippen LogP contribution is 2.15. The Balaban J connectivity index is 2.59. The number of aryl methyl sites for hydroxylation is 2. The Bertz CT molecular complexity index is 616. The molecule has 0 radical (unpaired) electrons. The van der Waals surface area contributed by atoms with Crippen LogP contribution in [0, 0.1) is 13.8 Å². The fourth-order valence-electron chi connectivity index (χ4n) is 3.27. The maximum absolute atomic E-state index is 11.7. The molecule has 1 unspecified atom stereocenters. The van der Waals surface area contributed by atoms with Crippen LogP contribution < -0.4 is 15.7 Å². The zero-order chi connectivity index (χ0) is 17.0. The molecule has 0 bridgehead atoms. The lowest BCUT2D eigenvalue weighted by Gasteiger charge is -2.37. The van der Waals surface area contributed by atoms with Crippen LogP contribution in [0.15, 0.2) is 48.5 Å². The third-order valence-electron chi connectivity index (χ3n) is 4.79. The van der Waals surface area contributed by atoms with Crippen LogP contribution in [0.1, 0.15) is 31.4 Å². The van der Waals surface area contributed by atoms with Gasteiger partial charge >= 0.3 is 0 Å². The SMILES string of the molecule is CCC(NC(C)=O)[Si](C)(c1ccc(C)cc1)c1ccc(C)cc1. The fourth-order valence-corrected chi connectivity index (χ4v) is 7.43. The van der Waals surface area contributed by atoms with Gasteiger partial charge in [0.15, 0.2) is 0 Å². The number of carbonyl (C=O) groups excluding carboxylic acids is 1. The predicted octanol–water partition coefficient (Wildman–Crippen LogP) is 2.95. The third kappa shape index (κ3) is 3.73. The second-order valence-electron chi connectivity index (χ2n) is 6.60. The molecule has 0 fully saturated rings. The van der Waals surface area contributed by atoms with Crippen molar-refractivity contribution in [1.29, 1.82) is 0 Å². The Morgan fingerprint density at radius 2 is 1.35 bits per heavy atom. The monoisotopic (exact) mass is 325 g/mol. The van der Waals surface area contributed by atoms with Gasteiger partial charge in [-0.3, -0.25) is 4.79 Å². The summed E-state index contributed by atoms with van der Waals surface area (Å²) in [5.41, 5.74) is 2.72. The summed E-state index contributed by atoms with van der Waals surface area (Å²) in [7, 11) is -2.07. The lowest BCUT2D eigenvalue weighted by Crippen LogP contribution is -2.68. The van der Waals surface area contributed by atoms with Crippen LogP contribution >= 0.6 is 0 Å². The van der Waals surface area contributed by atoms with Gasteiger partial charge in [0.1, 0.15) is 8.07 Å². The molecule has 0 aliphatic carbocycles. The zero-order valence-corrected chi connectivity index (χ0v) is 15.8. The van der Waals surface area contributed by atoms with Crippen LogP contribution in [0.2, 0.25) is 6.55 Å². The van der Waals surface area contributed by atoms with E-state index in [9.17, 15) is 4.79 Å². The molecule has 1 N–H and O–H groups in total. The lowest BCUT2D eigenvalue weighted by atomic mass is 10.2. The van der Waals surface area contributed by atoms with Gasteiger partial charge in [0.25, 0.3) is 0 Å². The number of benzene rings is 2. The summed E-state index contributed by atoms with van der Waals surface area (Å²) >= 11 is 0. The van der Waals surface area contributed by atoms with E-state index in [0.29, 0.717) is 0 Å². The number of nitrogens with one attached hydrogen (secondary N) is 1. The lowest BCUT2D eigenvalue weighted by molar-refractivity contribution is -0.119. The van der Waals surface area contributed by atoms with Gasteiger partial charge in [0.2, 0.25) is 5.91 Å². The van der Waals surface area contributed by atoms with Crippen molar-refractivity contribution in [3.63, 3.8) is 0 Å². The van der Waals surface area contributed by atoms with Gasteiger partial charge in [-0.1, -0.05) is 83.5 Å². The van der Waals surface area contributed by atoms with E-state index in [4.69, 9.17) is 0 Å². The largest absolute Gasteiger partial charge is 0.355 e. The molecule has 0 spiro atoms. The van der Waals surface area contributed by atoms with E-state index in [-0.39, 0.29) is 11.6 Å².